The highest BCUT2D eigenvalue weighted by Crippen LogP contribution is 2.11. The van der Waals surface area contributed by atoms with Crippen LogP contribution in [0.15, 0.2) is 24.3 Å². The lowest BCUT2D eigenvalue weighted by Crippen LogP contribution is -1.99. The molecule has 0 spiro atoms. The van der Waals surface area contributed by atoms with Crippen molar-refractivity contribution in [2.24, 2.45) is 5.50 Å². The Morgan fingerprint density at radius 1 is 1.30 bits per heavy atom. The Labute approximate surface area is 64.8 Å². The molecule has 0 aliphatic rings. The molecule has 0 fully saturated rings. The van der Waals surface area contributed by atoms with Gasteiger partial charge in [0.15, 0.2) is 7.95 Å². The van der Waals surface area contributed by atoms with Gasteiger partial charge in [-0.05, 0) is 24.3 Å². The van der Waals surface area contributed by atoms with Crippen molar-refractivity contribution >= 4 is 24.9 Å². The summed E-state index contributed by atoms with van der Waals surface area (Å²) in [6.07, 6.45) is 0. The molecule has 2 N–H and O–H groups in total. The molecule has 1 atom stereocenters. The van der Waals surface area contributed by atoms with Gasteiger partial charge in [-0.15, -0.1) is 0 Å². The highest BCUT2D eigenvalue weighted by atomic mass is 35.5. The molecule has 4 heteroatoms. The number of hydrogen-bond acceptors (Lipinski definition) is 1. The molecular weight excluding hydrogens is 168 g/mol. The fraction of sp³-hybridized carbons (Fsp3) is 0. The molecule has 1 rings (SSSR count). The first-order valence-corrected chi connectivity index (χ1v) is 4.62. The minimum atomic E-state index is -2.04. The standard InChI is InChI=1S/C6H7ClNOP/c7-5-1-3-6(4-2-5)10(8)9/h1-4,10H,(H2,8,9). The van der Waals surface area contributed by atoms with E-state index in [-0.39, 0.29) is 0 Å². The first-order chi connectivity index (χ1) is 4.70. The molecule has 0 radical (unpaired) electrons. The van der Waals surface area contributed by atoms with Gasteiger partial charge in [-0.3, -0.25) is 5.50 Å². The largest absolute Gasteiger partial charge is 0.305 e. The van der Waals surface area contributed by atoms with Crippen LogP contribution in [-0.2, 0) is 4.57 Å². The fourth-order valence-electron chi connectivity index (χ4n) is 0.614. The van der Waals surface area contributed by atoms with Crippen molar-refractivity contribution in [3.8, 4) is 0 Å². The predicted molar refractivity (Wildman–Crippen MR) is 44.3 cm³/mol. The van der Waals surface area contributed by atoms with Crippen LogP contribution < -0.4 is 10.8 Å². The van der Waals surface area contributed by atoms with E-state index in [1.165, 1.54) is 0 Å². The van der Waals surface area contributed by atoms with E-state index in [2.05, 4.69) is 0 Å². The summed E-state index contributed by atoms with van der Waals surface area (Å²) < 4.78 is 10.7. The van der Waals surface area contributed by atoms with Crippen LogP contribution in [-0.4, -0.2) is 0 Å². The summed E-state index contributed by atoms with van der Waals surface area (Å²) in [4.78, 5) is 0. The fourth-order valence-corrected chi connectivity index (χ4v) is 1.24. The average Bonchev–Trinajstić information content (AvgIpc) is 1.88. The lowest BCUT2D eigenvalue weighted by Gasteiger charge is -1.93. The van der Waals surface area contributed by atoms with Crippen molar-refractivity contribution in [3.63, 3.8) is 0 Å². The molecule has 2 nitrogen and oxygen atoms in total. The van der Waals surface area contributed by atoms with Gasteiger partial charge in [-0.1, -0.05) is 11.6 Å². The maximum Gasteiger partial charge on any atom is 0.162 e. The smallest absolute Gasteiger partial charge is 0.162 e. The summed E-state index contributed by atoms with van der Waals surface area (Å²) in [5, 5.41) is 1.29. The van der Waals surface area contributed by atoms with Gasteiger partial charge in [0.25, 0.3) is 0 Å². The van der Waals surface area contributed by atoms with Crippen LogP contribution in [0.2, 0.25) is 5.02 Å². The van der Waals surface area contributed by atoms with Crippen molar-refractivity contribution in [2.45, 2.75) is 0 Å². The zero-order chi connectivity index (χ0) is 7.56. The second-order valence-electron chi connectivity index (χ2n) is 1.87. The van der Waals surface area contributed by atoms with Gasteiger partial charge in [0.05, 0.1) is 0 Å². The average molecular weight is 176 g/mol. The van der Waals surface area contributed by atoms with Crippen molar-refractivity contribution in [2.75, 3.05) is 0 Å². The molecule has 1 aromatic rings. The zero-order valence-corrected chi connectivity index (χ0v) is 6.93. The van der Waals surface area contributed by atoms with Crippen LogP contribution >= 0.6 is 19.6 Å². The molecule has 0 heterocycles. The Morgan fingerprint density at radius 2 is 1.80 bits per heavy atom. The number of nitrogens with two attached hydrogens (primary N) is 1. The van der Waals surface area contributed by atoms with Crippen LogP contribution in [0, 0.1) is 0 Å². The van der Waals surface area contributed by atoms with E-state index >= 15 is 0 Å². The Kier molecular flexibility index (Phi) is 2.50. The lowest BCUT2D eigenvalue weighted by molar-refractivity contribution is 0.594. The number of hydrogen-bond donors (Lipinski definition) is 1. The normalized spacial score (nSPS) is 13.0. The van der Waals surface area contributed by atoms with Crippen molar-refractivity contribution < 1.29 is 4.57 Å². The summed E-state index contributed by atoms with van der Waals surface area (Å²) in [6.45, 7) is 0. The second kappa shape index (κ2) is 3.20. The molecule has 1 unspecified atom stereocenters. The van der Waals surface area contributed by atoms with Crippen molar-refractivity contribution in [3.05, 3.63) is 29.3 Å². The monoisotopic (exact) mass is 175 g/mol. The predicted octanol–water partition coefficient (Wildman–Crippen LogP) is 1.40. The number of halogens is 1. The molecule has 0 amide bonds. The summed E-state index contributed by atoms with van der Waals surface area (Å²) >= 11 is 5.58. The maximum atomic E-state index is 10.7. The minimum Gasteiger partial charge on any atom is -0.305 e. The molecule has 0 aliphatic heterocycles. The zero-order valence-electron chi connectivity index (χ0n) is 5.17. The molecule has 1 aromatic carbocycles. The van der Waals surface area contributed by atoms with E-state index in [1.807, 2.05) is 0 Å². The molecule has 0 saturated carbocycles. The maximum absolute atomic E-state index is 10.7. The van der Waals surface area contributed by atoms with E-state index in [9.17, 15) is 4.57 Å². The van der Waals surface area contributed by atoms with Gasteiger partial charge >= 0.3 is 0 Å². The number of rotatable bonds is 1. The summed E-state index contributed by atoms with van der Waals surface area (Å²) in [7, 11) is -2.04. The Morgan fingerprint density at radius 3 is 2.20 bits per heavy atom. The highest BCUT2D eigenvalue weighted by Gasteiger charge is 1.94. The van der Waals surface area contributed by atoms with Gasteiger partial charge < -0.3 is 4.57 Å². The van der Waals surface area contributed by atoms with Crippen LogP contribution in [0.5, 0.6) is 0 Å². The van der Waals surface area contributed by atoms with Gasteiger partial charge in [-0.2, -0.15) is 0 Å². The second-order valence-corrected chi connectivity index (χ2v) is 3.61. The SMILES string of the molecule is N[PH](=O)c1ccc(Cl)cc1. The molecule has 0 aromatic heterocycles. The van der Waals surface area contributed by atoms with Gasteiger partial charge in [0.1, 0.15) is 0 Å². The molecule has 10 heavy (non-hydrogen) atoms. The molecule has 0 saturated heterocycles. The van der Waals surface area contributed by atoms with E-state index < -0.39 is 7.95 Å². The first-order valence-electron chi connectivity index (χ1n) is 2.75. The molecular formula is C6H7ClNOP. The molecule has 0 aliphatic carbocycles. The first kappa shape index (κ1) is 7.80. The van der Waals surface area contributed by atoms with Crippen LogP contribution in [0.1, 0.15) is 0 Å². The summed E-state index contributed by atoms with van der Waals surface area (Å²) in [6, 6.07) is 6.69. The van der Waals surface area contributed by atoms with Crippen molar-refractivity contribution in [1.82, 2.24) is 0 Å². The molecule has 0 bridgehead atoms. The van der Waals surface area contributed by atoms with Crippen LogP contribution in [0.4, 0.5) is 0 Å². The van der Waals surface area contributed by atoms with Gasteiger partial charge in [0.2, 0.25) is 0 Å². The topological polar surface area (TPSA) is 43.1 Å². The third-order valence-electron chi connectivity index (χ3n) is 1.13. The quantitative estimate of drug-likeness (QED) is 0.656. The minimum absolute atomic E-state index is 0.631. The summed E-state index contributed by atoms with van der Waals surface area (Å²) in [5.41, 5.74) is 5.17. The van der Waals surface area contributed by atoms with E-state index in [0.717, 1.165) is 0 Å². The Balaban J connectivity index is 3.00. The van der Waals surface area contributed by atoms with Crippen LogP contribution in [0.25, 0.3) is 0 Å². The Bertz CT molecular complexity index is 246. The number of benzene rings is 1. The third kappa shape index (κ3) is 1.84. The van der Waals surface area contributed by atoms with E-state index in [0.29, 0.717) is 10.3 Å². The third-order valence-corrected chi connectivity index (χ3v) is 2.28. The molecule has 54 valence electrons. The van der Waals surface area contributed by atoms with Crippen molar-refractivity contribution in [1.29, 1.82) is 0 Å². The lowest BCUT2D eigenvalue weighted by atomic mass is 10.4. The van der Waals surface area contributed by atoms with E-state index in [4.69, 9.17) is 17.1 Å². The van der Waals surface area contributed by atoms with Gasteiger partial charge in [-0.25, -0.2) is 0 Å². The highest BCUT2D eigenvalue weighted by molar-refractivity contribution is 7.50. The van der Waals surface area contributed by atoms with Gasteiger partial charge in [0, 0.05) is 10.3 Å². The van der Waals surface area contributed by atoms with Crippen LogP contribution in [0.3, 0.4) is 0 Å². The summed E-state index contributed by atoms with van der Waals surface area (Å²) in [5.74, 6) is 0. The van der Waals surface area contributed by atoms with E-state index in [1.54, 1.807) is 24.3 Å². The Hall–Kier alpha value is -0.300.